The van der Waals surface area contributed by atoms with E-state index in [1.54, 1.807) is 4.52 Å². The topological polar surface area (TPSA) is 55.1 Å². The van der Waals surface area contributed by atoms with Crippen molar-refractivity contribution in [2.24, 2.45) is 0 Å². The normalized spacial score (nSPS) is 23.1. The molecule has 0 aliphatic heterocycles. The van der Waals surface area contributed by atoms with Crippen LogP contribution >= 0.6 is 11.8 Å². The van der Waals surface area contributed by atoms with Gasteiger partial charge in [-0.2, -0.15) is 16.3 Å². The summed E-state index contributed by atoms with van der Waals surface area (Å²) in [5, 5.41) is 17.1. The van der Waals surface area contributed by atoms with Gasteiger partial charge in [0.05, 0.1) is 0 Å². The van der Waals surface area contributed by atoms with Crippen molar-refractivity contribution >= 4 is 23.2 Å². The average molecular weight is 291 g/mol. The van der Waals surface area contributed by atoms with Crippen molar-refractivity contribution in [3.05, 3.63) is 18.0 Å². The van der Waals surface area contributed by atoms with Crippen LogP contribution in [0, 0.1) is 6.92 Å². The molecule has 20 heavy (non-hydrogen) atoms. The molecule has 1 aliphatic rings. The van der Waals surface area contributed by atoms with Crippen LogP contribution in [-0.4, -0.2) is 36.9 Å². The molecule has 0 amide bonds. The largest absolute Gasteiger partial charge is 0.366 e. The molecule has 2 aromatic heterocycles. The van der Waals surface area contributed by atoms with Gasteiger partial charge in [0, 0.05) is 11.3 Å². The third-order valence-electron chi connectivity index (χ3n) is 3.80. The second-order valence-corrected chi connectivity index (χ2v) is 6.90. The number of hydrogen-bond donors (Lipinski definition) is 1. The number of rotatable bonds is 4. The van der Waals surface area contributed by atoms with Gasteiger partial charge < -0.3 is 5.32 Å². The van der Waals surface area contributed by atoms with Crippen LogP contribution in [0.15, 0.2) is 12.1 Å². The van der Waals surface area contributed by atoms with Crippen molar-refractivity contribution in [2.45, 2.75) is 50.8 Å². The Morgan fingerprint density at radius 2 is 2.25 bits per heavy atom. The van der Waals surface area contributed by atoms with Crippen LogP contribution in [0.2, 0.25) is 0 Å². The zero-order chi connectivity index (χ0) is 13.9. The number of aromatic nitrogens is 4. The Hall–Kier alpha value is -1.30. The number of aryl methyl sites for hydroxylation is 1. The SMILES string of the molecule is CCS[C@H]1CCC[C@@H](Nc2ccc3nnc(C)n3n2)C1. The Morgan fingerprint density at radius 1 is 1.35 bits per heavy atom. The fraction of sp³-hybridized carbons (Fsp3) is 0.643. The summed E-state index contributed by atoms with van der Waals surface area (Å²) < 4.78 is 1.80. The van der Waals surface area contributed by atoms with Gasteiger partial charge in [-0.05, 0) is 44.1 Å². The van der Waals surface area contributed by atoms with Crippen molar-refractivity contribution in [2.75, 3.05) is 11.1 Å². The molecular weight excluding hydrogens is 270 g/mol. The molecule has 2 aromatic rings. The summed E-state index contributed by atoms with van der Waals surface area (Å²) in [5.41, 5.74) is 0.802. The van der Waals surface area contributed by atoms with Crippen molar-refractivity contribution in [3.8, 4) is 0 Å². The molecule has 0 aromatic carbocycles. The predicted octanol–water partition coefficient (Wildman–Crippen LogP) is 2.91. The molecule has 0 radical (unpaired) electrons. The lowest BCUT2D eigenvalue weighted by molar-refractivity contribution is 0.472. The second kappa shape index (κ2) is 5.99. The van der Waals surface area contributed by atoms with E-state index < -0.39 is 0 Å². The van der Waals surface area contributed by atoms with Crippen LogP contribution in [-0.2, 0) is 0 Å². The lowest BCUT2D eigenvalue weighted by Gasteiger charge is -2.29. The van der Waals surface area contributed by atoms with Crippen molar-refractivity contribution in [3.63, 3.8) is 0 Å². The molecule has 0 unspecified atom stereocenters. The lowest BCUT2D eigenvalue weighted by Crippen LogP contribution is -2.29. The Labute approximate surface area is 123 Å². The highest BCUT2D eigenvalue weighted by Crippen LogP contribution is 2.29. The summed E-state index contributed by atoms with van der Waals surface area (Å²) in [7, 11) is 0. The Morgan fingerprint density at radius 3 is 3.10 bits per heavy atom. The molecule has 1 N–H and O–H groups in total. The number of fused-ring (bicyclic) bond motifs is 1. The lowest BCUT2D eigenvalue weighted by atomic mass is 9.95. The molecule has 0 spiro atoms. The van der Waals surface area contributed by atoms with E-state index in [1.165, 1.54) is 31.4 Å². The first-order valence-corrected chi connectivity index (χ1v) is 8.38. The van der Waals surface area contributed by atoms with E-state index in [4.69, 9.17) is 0 Å². The monoisotopic (exact) mass is 291 g/mol. The van der Waals surface area contributed by atoms with Crippen LogP contribution in [0.4, 0.5) is 5.82 Å². The first-order chi connectivity index (χ1) is 9.76. The molecule has 6 heteroatoms. The highest BCUT2D eigenvalue weighted by Gasteiger charge is 2.22. The number of nitrogens with one attached hydrogen (secondary N) is 1. The number of nitrogens with zero attached hydrogens (tertiary/aromatic N) is 4. The molecule has 2 heterocycles. The summed E-state index contributed by atoms with van der Waals surface area (Å²) >= 11 is 2.09. The molecule has 108 valence electrons. The van der Waals surface area contributed by atoms with Crippen molar-refractivity contribution < 1.29 is 0 Å². The zero-order valence-electron chi connectivity index (χ0n) is 12.0. The highest BCUT2D eigenvalue weighted by molar-refractivity contribution is 7.99. The van der Waals surface area contributed by atoms with Crippen LogP contribution in [0.3, 0.4) is 0 Å². The van der Waals surface area contributed by atoms with E-state index in [1.807, 2.05) is 19.1 Å². The third-order valence-corrected chi connectivity index (χ3v) is 5.03. The molecule has 0 bridgehead atoms. The van der Waals surface area contributed by atoms with E-state index in [0.717, 1.165) is 22.5 Å². The van der Waals surface area contributed by atoms with E-state index in [0.29, 0.717) is 6.04 Å². The summed E-state index contributed by atoms with van der Waals surface area (Å²) in [4.78, 5) is 0. The molecule has 1 fully saturated rings. The van der Waals surface area contributed by atoms with Crippen LogP contribution in [0.1, 0.15) is 38.4 Å². The van der Waals surface area contributed by atoms with Crippen molar-refractivity contribution in [1.29, 1.82) is 0 Å². The van der Waals surface area contributed by atoms with E-state index >= 15 is 0 Å². The molecule has 0 saturated heterocycles. The summed E-state index contributed by atoms with van der Waals surface area (Å²) in [6.45, 7) is 4.16. The van der Waals surface area contributed by atoms with Gasteiger partial charge in [-0.1, -0.05) is 13.3 Å². The Kier molecular flexibility index (Phi) is 4.10. The van der Waals surface area contributed by atoms with Gasteiger partial charge in [0.1, 0.15) is 5.82 Å². The average Bonchev–Trinajstić information content (AvgIpc) is 2.81. The molecular formula is C14H21N5S. The van der Waals surface area contributed by atoms with E-state index in [2.05, 4.69) is 39.3 Å². The number of hydrogen-bond acceptors (Lipinski definition) is 5. The summed E-state index contributed by atoms with van der Waals surface area (Å²) in [6.07, 6.45) is 5.14. The van der Waals surface area contributed by atoms with Crippen LogP contribution < -0.4 is 5.32 Å². The van der Waals surface area contributed by atoms with Gasteiger partial charge >= 0.3 is 0 Å². The summed E-state index contributed by atoms with van der Waals surface area (Å²) in [6, 6.07) is 4.51. The minimum atomic E-state index is 0.537. The maximum Gasteiger partial charge on any atom is 0.178 e. The fourth-order valence-electron chi connectivity index (χ4n) is 2.85. The number of thioether (sulfide) groups is 1. The van der Waals surface area contributed by atoms with Gasteiger partial charge in [-0.3, -0.25) is 0 Å². The standard InChI is InChI=1S/C14H21N5S/c1-3-20-12-6-4-5-11(9-12)15-13-7-8-14-17-16-10(2)19(14)18-13/h7-8,11-12H,3-6,9H2,1-2H3,(H,15,18)/t11-,12+/m1/s1. The van der Waals surface area contributed by atoms with Crippen molar-refractivity contribution in [1.82, 2.24) is 19.8 Å². The maximum atomic E-state index is 4.57. The highest BCUT2D eigenvalue weighted by atomic mass is 32.2. The smallest absolute Gasteiger partial charge is 0.178 e. The number of anilines is 1. The Balaban J connectivity index is 1.70. The van der Waals surface area contributed by atoms with Gasteiger partial charge in [-0.25, -0.2) is 0 Å². The second-order valence-electron chi connectivity index (χ2n) is 5.32. The zero-order valence-corrected chi connectivity index (χ0v) is 12.9. The van der Waals surface area contributed by atoms with E-state index in [-0.39, 0.29) is 0 Å². The van der Waals surface area contributed by atoms with Gasteiger partial charge in [0.15, 0.2) is 11.5 Å². The third kappa shape index (κ3) is 2.90. The minimum absolute atomic E-state index is 0.537. The first kappa shape index (κ1) is 13.7. The molecule has 1 aliphatic carbocycles. The molecule has 2 atom stereocenters. The quantitative estimate of drug-likeness (QED) is 0.938. The molecule has 1 saturated carbocycles. The fourth-order valence-corrected chi connectivity index (χ4v) is 4.02. The maximum absolute atomic E-state index is 4.57. The van der Waals surface area contributed by atoms with Crippen LogP contribution in [0.25, 0.3) is 5.65 Å². The molecule has 3 rings (SSSR count). The predicted molar refractivity (Wildman–Crippen MR) is 83.3 cm³/mol. The summed E-state index contributed by atoms with van der Waals surface area (Å²) in [5.74, 6) is 2.96. The minimum Gasteiger partial charge on any atom is -0.366 e. The van der Waals surface area contributed by atoms with Gasteiger partial charge in [-0.15, -0.1) is 15.3 Å². The van der Waals surface area contributed by atoms with Gasteiger partial charge in [0.2, 0.25) is 0 Å². The van der Waals surface area contributed by atoms with Crippen LogP contribution in [0.5, 0.6) is 0 Å². The van der Waals surface area contributed by atoms with Gasteiger partial charge in [0.25, 0.3) is 0 Å². The van der Waals surface area contributed by atoms with E-state index in [9.17, 15) is 0 Å². The Bertz CT molecular complexity index is 580. The first-order valence-electron chi connectivity index (χ1n) is 7.33. The molecule has 5 nitrogen and oxygen atoms in total.